The zero-order valence-corrected chi connectivity index (χ0v) is 19.9. The summed E-state index contributed by atoms with van der Waals surface area (Å²) in [7, 11) is 1.49. The van der Waals surface area contributed by atoms with E-state index in [-0.39, 0.29) is 35.7 Å². The lowest BCUT2D eigenvalue weighted by atomic mass is 9.87. The van der Waals surface area contributed by atoms with Crippen LogP contribution < -0.4 is 20.9 Å². The SMILES string of the molecule is COc1cccn(C2CCC(N3CC(NC(=O)CNC(=O)c4cccc(C(F)(F)F)c4)C3)CC2)c1=O. The van der Waals surface area contributed by atoms with Gasteiger partial charge in [0.25, 0.3) is 11.5 Å². The summed E-state index contributed by atoms with van der Waals surface area (Å²) >= 11 is 0. The van der Waals surface area contributed by atoms with Crippen molar-refractivity contribution in [1.29, 1.82) is 0 Å². The van der Waals surface area contributed by atoms with Crippen LogP contribution in [-0.4, -0.2) is 60.1 Å². The minimum Gasteiger partial charge on any atom is -0.491 e. The largest absolute Gasteiger partial charge is 0.491 e. The zero-order valence-electron chi connectivity index (χ0n) is 19.9. The molecule has 2 heterocycles. The Morgan fingerprint density at radius 2 is 1.75 bits per heavy atom. The number of amides is 2. The fraction of sp³-hybridized carbons (Fsp3) is 0.480. The maximum Gasteiger partial charge on any atom is 0.416 e. The molecule has 1 aliphatic carbocycles. The smallest absolute Gasteiger partial charge is 0.416 e. The molecule has 1 aromatic heterocycles. The van der Waals surface area contributed by atoms with Crippen LogP contribution in [0.5, 0.6) is 5.75 Å². The first-order chi connectivity index (χ1) is 17.2. The van der Waals surface area contributed by atoms with Crippen LogP contribution in [0.3, 0.4) is 0 Å². The Morgan fingerprint density at radius 1 is 1.06 bits per heavy atom. The van der Waals surface area contributed by atoms with Crippen molar-refractivity contribution in [1.82, 2.24) is 20.1 Å². The normalized spacial score (nSPS) is 20.9. The molecule has 2 N–H and O–H groups in total. The van der Waals surface area contributed by atoms with Crippen LogP contribution in [0.25, 0.3) is 0 Å². The predicted octanol–water partition coefficient (Wildman–Crippen LogP) is 2.59. The van der Waals surface area contributed by atoms with Gasteiger partial charge in [-0.1, -0.05) is 6.07 Å². The van der Waals surface area contributed by atoms with Crippen molar-refractivity contribution in [3.8, 4) is 5.75 Å². The minimum atomic E-state index is -4.55. The summed E-state index contributed by atoms with van der Waals surface area (Å²) in [4.78, 5) is 39.1. The molecule has 1 saturated heterocycles. The summed E-state index contributed by atoms with van der Waals surface area (Å²) in [5.74, 6) is -0.786. The highest BCUT2D eigenvalue weighted by Crippen LogP contribution is 2.32. The molecule has 2 aromatic rings. The second-order valence-corrected chi connectivity index (χ2v) is 9.23. The van der Waals surface area contributed by atoms with Crippen LogP contribution in [0.2, 0.25) is 0 Å². The van der Waals surface area contributed by atoms with Crippen molar-refractivity contribution in [2.24, 2.45) is 0 Å². The average molecular weight is 507 g/mol. The zero-order chi connectivity index (χ0) is 25.9. The van der Waals surface area contributed by atoms with Gasteiger partial charge in [-0.3, -0.25) is 19.3 Å². The highest BCUT2D eigenvalue weighted by Gasteiger charge is 2.36. The molecule has 36 heavy (non-hydrogen) atoms. The molecule has 0 unspecified atom stereocenters. The molecule has 2 aliphatic rings. The lowest BCUT2D eigenvalue weighted by Gasteiger charge is -2.46. The Morgan fingerprint density at radius 3 is 2.42 bits per heavy atom. The molecule has 2 amide bonds. The number of methoxy groups -OCH3 is 1. The van der Waals surface area contributed by atoms with E-state index < -0.39 is 17.6 Å². The lowest BCUT2D eigenvalue weighted by Crippen LogP contribution is -2.63. The fourth-order valence-electron chi connectivity index (χ4n) is 4.91. The van der Waals surface area contributed by atoms with Gasteiger partial charge in [0, 0.05) is 36.9 Å². The molecule has 0 spiro atoms. The Hall–Kier alpha value is -3.34. The first kappa shape index (κ1) is 25.7. The summed E-state index contributed by atoms with van der Waals surface area (Å²) < 4.78 is 45.4. The topological polar surface area (TPSA) is 92.7 Å². The minimum absolute atomic E-state index is 0.0401. The van der Waals surface area contributed by atoms with Gasteiger partial charge in [-0.15, -0.1) is 0 Å². The number of hydrogen-bond donors (Lipinski definition) is 2. The highest BCUT2D eigenvalue weighted by atomic mass is 19.4. The molecule has 1 aliphatic heterocycles. The van der Waals surface area contributed by atoms with Gasteiger partial charge < -0.3 is 19.9 Å². The van der Waals surface area contributed by atoms with E-state index in [0.717, 1.165) is 43.9 Å². The number of alkyl halides is 3. The number of carbonyl (C=O) groups is 2. The number of benzene rings is 1. The monoisotopic (exact) mass is 506 g/mol. The molecule has 1 aromatic carbocycles. The number of nitrogens with zero attached hydrogens (tertiary/aromatic N) is 2. The van der Waals surface area contributed by atoms with Crippen LogP contribution >= 0.6 is 0 Å². The van der Waals surface area contributed by atoms with Crippen LogP contribution in [0.1, 0.15) is 47.6 Å². The number of nitrogens with one attached hydrogen (secondary N) is 2. The highest BCUT2D eigenvalue weighted by molar-refractivity contribution is 5.96. The molecule has 0 bridgehead atoms. The Balaban J connectivity index is 1.18. The molecule has 1 saturated carbocycles. The number of pyridine rings is 1. The van der Waals surface area contributed by atoms with Crippen molar-refractivity contribution in [3.63, 3.8) is 0 Å². The Kier molecular flexibility index (Phi) is 7.67. The lowest BCUT2D eigenvalue weighted by molar-refractivity contribution is -0.137. The predicted molar refractivity (Wildman–Crippen MR) is 126 cm³/mol. The van der Waals surface area contributed by atoms with E-state index in [1.807, 2.05) is 6.07 Å². The van der Waals surface area contributed by atoms with Crippen molar-refractivity contribution < 1.29 is 27.5 Å². The third-order valence-corrected chi connectivity index (χ3v) is 6.87. The second-order valence-electron chi connectivity index (χ2n) is 9.23. The van der Waals surface area contributed by atoms with E-state index in [4.69, 9.17) is 4.74 Å². The van der Waals surface area contributed by atoms with Crippen LogP contribution in [0, 0.1) is 0 Å². The van der Waals surface area contributed by atoms with Gasteiger partial charge in [0.05, 0.1) is 25.3 Å². The number of likely N-dealkylation sites (tertiary alicyclic amines) is 1. The maximum absolute atomic E-state index is 12.8. The van der Waals surface area contributed by atoms with Crippen molar-refractivity contribution in [3.05, 3.63) is 64.1 Å². The van der Waals surface area contributed by atoms with E-state index in [1.165, 1.54) is 13.2 Å². The third kappa shape index (κ3) is 5.89. The van der Waals surface area contributed by atoms with E-state index in [0.29, 0.717) is 24.9 Å². The van der Waals surface area contributed by atoms with Crippen LogP contribution in [0.15, 0.2) is 47.4 Å². The molecular formula is C25H29F3N4O4. The van der Waals surface area contributed by atoms with Gasteiger partial charge in [0.2, 0.25) is 5.91 Å². The standard InChI is InChI=1S/C25H29F3N4O4/c1-36-21-6-3-11-32(24(21)35)20-9-7-19(8-10-20)31-14-18(15-31)30-22(33)13-29-23(34)16-4-2-5-17(12-16)25(26,27)28/h2-6,11-12,18-20H,7-10,13-15H2,1H3,(H,29,34)(H,30,33). The van der Waals surface area contributed by atoms with E-state index >= 15 is 0 Å². The van der Waals surface area contributed by atoms with Gasteiger partial charge in [0.1, 0.15) is 0 Å². The molecule has 11 heteroatoms. The van der Waals surface area contributed by atoms with Gasteiger partial charge in [-0.2, -0.15) is 13.2 Å². The summed E-state index contributed by atoms with van der Waals surface area (Å²) in [6, 6.07) is 8.04. The number of carbonyl (C=O) groups excluding carboxylic acids is 2. The molecule has 0 radical (unpaired) electrons. The van der Waals surface area contributed by atoms with E-state index in [2.05, 4.69) is 15.5 Å². The van der Waals surface area contributed by atoms with Crippen molar-refractivity contribution >= 4 is 11.8 Å². The molecule has 0 atom stereocenters. The van der Waals surface area contributed by atoms with Crippen molar-refractivity contribution in [2.75, 3.05) is 26.7 Å². The summed E-state index contributed by atoms with van der Waals surface area (Å²) in [5, 5.41) is 5.22. The van der Waals surface area contributed by atoms with Gasteiger partial charge in [-0.05, 0) is 56.0 Å². The van der Waals surface area contributed by atoms with Gasteiger partial charge in [-0.25, -0.2) is 0 Å². The summed E-state index contributed by atoms with van der Waals surface area (Å²) in [6.45, 7) is 1.08. The third-order valence-electron chi connectivity index (χ3n) is 6.87. The number of rotatable bonds is 7. The molecular weight excluding hydrogens is 477 g/mol. The Labute approximate surface area is 206 Å². The van der Waals surface area contributed by atoms with Crippen LogP contribution in [0.4, 0.5) is 13.2 Å². The van der Waals surface area contributed by atoms with E-state index in [1.54, 1.807) is 16.8 Å². The van der Waals surface area contributed by atoms with Crippen molar-refractivity contribution in [2.45, 2.75) is 50.0 Å². The molecule has 4 rings (SSSR count). The van der Waals surface area contributed by atoms with E-state index in [9.17, 15) is 27.6 Å². The molecule has 8 nitrogen and oxygen atoms in total. The summed E-state index contributed by atoms with van der Waals surface area (Å²) in [6.07, 6.45) is 0.913. The quantitative estimate of drug-likeness (QED) is 0.603. The molecule has 2 fully saturated rings. The second kappa shape index (κ2) is 10.7. The number of halogens is 3. The maximum atomic E-state index is 12.8. The van der Waals surface area contributed by atoms with Gasteiger partial charge in [0.15, 0.2) is 5.75 Å². The first-order valence-electron chi connectivity index (χ1n) is 11.9. The first-order valence-corrected chi connectivity index (χ1v) is 11.9. The molecule has 194 valence electrons. The summed E-state index contributed by atoms with van der Waals surface area (Å²) in [5.41, 5.74) is -1.19. The fourth-order valence-corrected chi connectivity index (χ4v) is 4.91. The van der Waals surface area contributed by atoms with Crippen LogP contribution in [-0.2, 0) is 11.0 Å². The number of aromatic nitrogens is 1. The van der Waals surface area contributed by atoms with Gasteiger partial charge >= 0.3 is 6.18 Å². The Bertz CT molecular complexity index is 1150. The number of hydrogen-bond acceptors (Lipinski definition) is 5. The average Bonchev–Trinajstić information content (AvgIpc) is 2.84. The number of ether oxygens (including phenoxy) is 1.